The Kier molecular flexibility index (Phi) is 4.83. The van der Waals surface area contributed by atoms with E-state index in [-0.39, 0.29) is 0 Å². The summed E-state index contributed by atoms with van der Waals surface area (Å²) in [4.78, 5) is 0. The number of hydrogen-bond acceptors (Lipinski definition) is 2. The molecule has 100 valence electrons. The van der Waals surface area contributed by atoms with Crippen LogP contribution in [0.15, 0.2) is 42.5 Å². The number of nitrogens with one attached hydrogen (secondary N) is 1. The zero-order valence-corrected chi connectivity index (χ0v) is 12.0. The van der Waals surface area contributed by atoms with E-state index < -0.39 is 0 Å². The van der Waals surface area contributed by atoms with Crippen molar-refractivity contribution in [1.29, 1.82) is 0 Å². The molecule has 0 saturated carbocycles. The van der Waals surface area contributed by atoms with Gasteiger partial charge in [0.25, 0.3) is 0 Å². The van der Waals surface area contributed by atoms with Gasteiger partial charge in [0.15, 0.2) is 0 Å². The maximum absolute atomic E-state index is 6.20. The maximum atomic E-state index is 6.20. The standard InChI is InChI=1S/C16H18ClNO/c1-12-6-3-4-7-13(12)10-18-11-14-15(17)8-5-9-16(14)19-2/h3-9,18H,10-11H2,1-2H3. The van der Waals surface area contributed by atoms with E-state index in [4.69, 9.17) is 16.3 Å². The van der Waals surface area contributed by atoms with Crippen molar-refractivity contribution in [2.75, 3.05) is 7.11 Å². The van der Waals surface area contributed by atoms with Gasteiger partial charge in [-0.05, 0) is 30.2 Å². The Labute approximate surface area is 119 Å². The van der Waals surface area contributed by atoms with Gasteiger partial charge in [0.1, 0.15) is 5.75 Å². The third kappa shape index (κ3) is 3.49. The fourth-order valence-corrected chi connectivity index (χ4v) is 2.26. The first-order chi connectivity index (χ1) is 9.22. The Bertz CT molecular complexity index is 554. The molecule has 0 fully saturated rings. The van der Waals surface area contributed by atoms with Crippen molar-refractivity contribution in [3.63, 3.8) is 0 Å². The molecule has 19 heavy (non-hydrogen) atoms. The second kappa shape index (κ2) is 6.60. The van der Waals surface area contributed by atoms with E-state index in [0.29, 0.717) is 6.54 Å². The molecule has 0 spiro atoms. The summed E-state index contributed by atoms with van der Waals surface area (Å²) in [5.74, 6) is 0.824. The summed E-state index contributed by atoms with van der Waals surface area (Å²) in [7, 11) is 1.66. The van der Waals surface area contributed by atoms with Crippen molar-refractivity contribution in [1.82, 2.24) is 5.32 Å². The molecule has 0 atom stereocenters. The van der Waals surface area contributed by atoms with E-state index in [1.54, 1.807) is 7.11 Å². The van der Waals surface area contributed by atoms with E-state index in [0.717, 1.165) is 22.9 Å². The van der Waals surface area contributed by atoms with Crippen LogP contribution in [-0.4, -0.2) is 7.11 Å². The highest BCUT2D eigenvalue weighted by Gasteiger charge is 2.07. The average Bonchev–Trinajstić information content (AvgIpc) is 2.42. The molecule has 0 aliphatic rings. The van der Waals surface area contributed by atoms with Crippen LogP contribution in [0.2, 0.25) is 5.02 Å². The van der Waals surface area contributed by atoms with E-state index in [2.05, 4.69) is 36.5 Å². The summed E-state index contributed by atoms with van der Waals surface area (Å²) in [6.07, 6.45) is 0. The monoisotopic (exact) mass is 275 g/mol. The third-order valence-corrected chi connectivity index (χ3v) is 3.53. The molecule has 0 radical (unpaired) electrons. The Morgan fingerprint density at radius 1 is 1.05 bits per heavy atom. The molecule has 3 heteroatoms. The largest absolute Gasteiger partial charge is 0.496 e. The second-order valence-corrected chi connectivity index (χ2v) is 4.86. The molecule has 2 nitrogen and oxygen atoms in total. The van der Waals surface area contributed by atoms with Crippen LogP contribution in [0.25, 0.3) is 0 Å². The van der Waals surface area contributed by atoms with E-state index in [1.807, 2.05) is 18.2 Å². The number of aryl methyl sites for hydroxylation is 1. The van der Waals surface area contributed by atoms with Crippen molar-refractivity contribution in [2.24, 2.45) is 0 Å². The average molecular weight is 276 g/mol. The molecule has 0 heterocycles. The van der Waals surface area contributed by atoms with Crippen molar-refractivity contribution in [3.8, 4) is 5.75 Å². The van der Waals surface area contributed by atoms with E-state index in [9.17, 15) is 0 Å². The first-order valence-electron chi connectivity index (χ1n) is 6.29. The molecule has 0 saturated heterocycles. The highest BCUT2D eigenvalue weighted by Crippen LogP contribution is 2.25. The van der Waals surface area contributed by atoms with Crippen LogP contribution in [0, 0.1) is 6.92 Å². The van der Waals surface area contributed by atoms with Crippen molar-refractivity contribution in [3.05, 3.63) is 64.2 Å². The van der Waals surface area contributed by atoms with Gasteiger partial charge in [0, 0.05) is 23.7 Å². The van der Waals surface area contributed by atoms with Gasteiger partial charge < -0.3 is 10.1 Å². The minimum absolute atomic E-state index is 0.692. The number of methoxy groups -OCH3 is 1. The van der Waals surface area contributed by atoms with Crippen LogP contribution in [0.5, 0.6) is 5.75 Å². The summed E-state index contributed by atoms with van der Waals surface area (Å²) in [6.45, 7) is 3.63. The summed E-state index contributed by atoms with van der Waals surface area (Å²) >= 11 is 6.20. The second-order valence-electron chi connectivity index (χ2n) is 4.45. The van der Waals surface area contributed by atoms with Gasteiger partial charge in [-0.15, -0.1) is 0 Å². The van der Waals surface area contributed by atoms with Crippen LogP contribution in [0.4, 0.5) is 0 Å². The Morgan fingerprint density at radius 2 is 1.84 bits per heavy atom. The van der Waals surface area contributed by atoms with Crippen LogP contribution < -0.4 is 10.1 Å². The fourth-order valence-electron chi connectivity index (χ4n) is 2.03. The normalized spacial score (nSPS) is 10.5. The zero-order valence-electron chi connectivity index (χ0n) is 11.2. The molecule has 0 amide bonds. The lowest BCUT2D eigenvalue weighted by Crippen LogP contribution is -2.14. The zero-order chi connectivity index (χ0) is 13.7. The topological polar surface area (TPSA) is 21.3 Å². The van der Waals surface area contributed by atoms with Crippen LogP contribution in [0.1, 0.15) is 16.7 Å². The highest BCUT2D eigenvalue weighted by atomic mass is 35.5. The minimum atomic E-state index is 0.692. The maximum Gasteiger partial charge on any atom is 0.124 e. The lowest BCUT2D eigenvalue weighted by molar-refractivity contribution is 0.407. The molecule has 0 aliphatic carbocycles. The van der Waals surface area contributed by atoms with Gasteiger partial charge in [-0.25, -0.2) is 0 Å². The predicted molar refractivity (Wildman–Crippen MR) is 79.7 cm³/mol. The molecule has 0 aliphatic heterocycles. The van der Waals surface area contributed by atoms with Crippen molar-refractivity contribution < 1.29 is 4.74 Å². The summed E-state index contributed by atoms with van der Waals surface area (Å²) < 4.78 is 5.33. The van der Waals surface area contributed by atoms with Gasteiger partial charge in [-0.2, -0.15) is 0 Å². The van der Waals surface area contributed by atoms with Crippen LogP contribution >= 0.6 is 11.6 Å². The summed E-state index contributed by atoms with van der Waals surface area (Å²) in [5, 5.41) is 4.14. The van der Waals surface area contributed by atoms with Crippen LogP contribution in [-0.2, 0) is 13.1 Å². The molecule has 0 bridgehead atoms. The molecule has 2 aromatic rings. The summed E-state index contributed by atoms with van der Waals surface area (Å²) in [5.41, 5.74) is 3.59. The van der Waals surface area contributed by atoms with E-state index >= 15 is 0 Å². The van der Waals surface area contributed by atoms with Crippen molar-refractivity contribution >= 4 is 11.6 Å². The van der Waals surface area contributed by atoms with Gasteiger partial charge >= 0.3 is 0 Å². The highest BCUT2D eigenvalue weighted by molar-refractivity contribution is 6.31. The molecular weight excluding hydrogens is 258 g/mol. The number of benzene rings is 2. The SMILES string of the molecule is COc1cccc(Cl)c1CNCc1ccccc1C. The number of ether oxygens (including phenoxy) is 1. The van der Waals surface area contributed by atoms with Gasteiger partial charge in [0.05, 0.1) is 7.11 Å². The van der Waals surface area contributed by atoms with Crippen molar-refractivity contribution in [2.45, 2.75) is 20.0 Å². The molecule has 0 aromatic heterocycles. The molecule has 2 aromatic carbocycles. The molecule has 1 N–H and O–H groups in total. The Hall–Kier alpha value is -1.51. The van der Waals surface area contributed by atoms with Gasteiger partial charge in [-0.1, -0.05) is 41.9 Å². The third-order valence-electron chi connectivity index (χ3n) is 3.17. The van der Waals surface area contributed by atoms with Gasteiger partial charge in [0.2, 0.25) is 0 Å². The number of rotatable bonds is 5. The molecule has 0 unspecified atom stereocenters. The fraction of sp³-hybridized carbons (Fsp3) is 0.250. The minimum Gasteiger partial charge on any atom is -0.496 e. The summed E-state index contributed by atoms with van der Waals surface area (Å²) in [6, 6.07) is 14.1. The van der Waals surface area contributed by atoms with Gasteiger partial charge in [-0.3, -0.25) is 0 Å². The predicted octanol–water partition coefficient (Wildman–Crippen LogP) is 3.95. The number of halogens is 1. The Morgan fingerprint density at radius 3 is 2.58 bits per heavy atom. The first kappa shape index (κ1) is 13.9. The van der Waals surface area contributed by atoms with E-state index in [1.165, 1.54) is 11.1 Å². The first-order valence-corrected chi connectivity index (χ1v) is 6.66. The smallest absolute Gasteiger partial charge is 0.124 e. The van der Waals surface area contributed by atoms with Crippen LogP contribution in [0.3, 0.4) is 0 Å². The number of hydrogen-bond donors (Lipinski definition) is 1. The quantitative estimate of drug-likeness (QED) is 0.892. The Balaban J connectivity index is 2.02. The molecule has 2 rings (SSSR count). The molecular formula is C16H18ClNO. The lowest BCUT2D eigenvalue weighted by Gasteiger charge is -2.12. The lowest BCUT2D eigenvalue weighted by atomic mass is 10.1.